The topological polar surface area (TPSA) is 125 Å². The van der Waals surface area contributed by atoms with Gasteiger partial charge in [0, 0.05) is 12.3 Å². The zero-order valence-electron chi connectivity index (χ0n) is 9.91. The number of aliphatic hydroxyl groups excluding tert-OH is 3. The molecule has 1 aromatic rings. The number of nitrogens with zero attached hydrogens (tertiary/aromatic N) is 1. The third-order valence-electron chi connectivity index (χ3n) is 2.54. The fourth-order valence-corrected chi connectivity index (χ4v) is 1.57. The third kappa shape index (κ3) is 1.86. The van der Waals surface area contributed by atoms with E-state index in [9.17, 15) is 24.2 Å². The van der Waals surface area contributed by atoms with Crippen molar-refractivity contribution in [1.29, 1.82) is 0 Å². The lowest BCUT2D eigenvalue weighted by atomic mass is 10.1. The highest BCUT2D eigenvalue weighted by molar-refractivity contribution is 4.96. The van der Waals surface area contributed by atoms with E-state index >= 15 is 0 Å². The highest BCUT2D eigenvalue weighted by atomic mass is 19.2. The van der Waals surface area contributed by atoms with Crippen molar-refractivity contribution in [2.45, 2.75) is 24.3 Å². The van der Waals surface area contributed by atoms with E-state index in [-0.39, 0.29) is 0 Å². The van der Waals surface area contributed by atoms with Crippen molar-refractivity contribution in [2.75, 3.05) is 6.61 Å². The molecule has 2 rings (SSSR count). The Bertz CT molecular complexity index is 605. The van der Waals surface area contributed by atoms with Crippen molar-refractivity contribution in [2.24, 2.45) is 0 Å². The Balaban J connectivity index is 2.55. The van der Waals surface area contributed by atoms with Crippen molar-refractivity contribution in [3.63, 3.8) is 0 Å². The zero-order valence-corrected chi connectivity index (χ0v) is 8.91. The number of alkyl halides is 1. The zero-order chi connectivity index (χ0) is 14.4. The molecule has 9 heteroatoms. The molecule has 1 saturated heterocycles. The number of rotatable bonds is 2. The smallest absolute Gasteiger partial charge is 0.330 e. The summed E-state index contributed by atoms with van der Waals surface area (Å²) in [7, 11) is 0. The normalized spacial score (nSPS) is 40.8. The van der Waals surface area contributed by atoms with Gasteiger partial charge in [0.2, 0.25) is 0 Å². The molecule has 0 saturated carbocycles. The summed E-state index contributed by atoms with van der Waals surface area (Å²) in [6.07, 6.45) is -6.27. The summed E-state index contributed by atoms with van der Waals surface area (Å²) in [4.78, 5) is 24.2. The lowest BCUT2D eigenvalue weighted by Gasteiger charge is -2.19. The van der Waals surface area contributed by atoms with Crippen molar-refractivity contribution in [3.05, 3.63) is 33.1 Å². The Morgan fingerprint density at radius 1 is 1.61 bits per heavy atom. The highest BCUT2D eigenvalue weighted by Gasteiger charge is 2.55. The van der Waals surface area contributed by atoms with Crippen LogP contribution in [0, 0.1) is 0 Å². The van der Waals surface area contributed by atoms with Gasteiger partial charge in [0.25, 0.3) is 11.4 Å². The molecule has 18 heavy (non-hydrogen) atoms. The van der Waals surface area contributed by atoms with Crippen LogP contribution in [0.25, 0.3) is 0 Å². The van der Waals surface area contributed by atoms with Gasteiger partial charge in [-0.3, -0.25) is 14.3 Å². The maximum atomic E-state index is 13.9. The molecule has 0 aliphatic carbocycles. The van der Waals surface area contributed by atoms with E-state index in [0.29, 0.717) is 4.57 Å². The van der Waals surface area contributed by atoms with Crippen LogP contribution < -0.4 is 11.2 Å². The quantitative estimate of drug-likeness (QED) is 0.465. The molecule has 0 radical (unpaired) electrons. The van der Waals surface area contributed by atoms with Gasteiger partial charge >= 0.3 is 5.69 Å². The van der Waals surface area contributed by atoms with Gasteiger partial charge in [-0.2, -0.15) is 0 Å². The van der Waals surface area contributed by atoms with Gasteiger partial charge in [-0.05, 0) is 0 Å². The Hall–Kier alpha value is -1.55. The van der Waals surface area contributed by atoms with Crippen LogP contribution in [0.1, 0.15) is 7.57 Å². The maximum absolute atomic E-state index is 13.9. The largest absolute Gasteiger partial charge is 0.390 e. The third-order valence-corrected chi connectivity index (χ3v) is 2.54. The van der Waals surface area contributed by atoms with Gasteiger partial charge in [0.1, 0.15) is 18.8 Å². The van der Waals surface area contributed by atoms with Crippen LogP contribution in [0.2, 0.25) is 0 Å². The second-order valence-electron chi connectivity index (χ2n) is 3.75. The van der Waals surface area contributed by atoms with Gasteiger partial charge in [0.05, 0.1) is 1.37 Å². The fraction of sp³-hybridized carbons (Fsp3) is 0.556. The molecule has 0 aromatic carbocycles. The Morgan fingerprint density at radius 3 is 2.78 bits per heavy atom. The summed E-state index contributed by atoms with van der Waals surface area (Å²) < 4.78 is 26.6. The number of nitrogens with one attached hydrogen (secondary N) is 1. The van der Waals surface area contributed by atoms with E-state index in [0.717, 1.165) is 12.3 Å². The molecular formula is C9H11FN2O6. The van der Waals surface area contributed by atoms with Gasteiger partial charge in [-0.25, -0.2) is 9.18 Å². The standard InChI is InChI=1S/C9H11FN2O6/c10-9(3-13)6(16)5(15)7(18-9)12-2-1-4(14)11-8(12)17/h1-2,5-7,13,15-16H,3H2,(H,11,14,17)/t5-,6+,7-,9-/m1/s1/i7D. The fourth-order valence-electron chi connectivity index (χ4n) is 1.57. The molecule has 1 fully saturated rings. The molecule has 4 N–H and O–H groups in total. The van der Waals surface area contributed by atoms with Crippen LogP contribution in [0.15, 0.2) is 21.9 Å². The number of hydrogen-bond donors (Lipinski definition) is 4. The Kier molecular flexibility index (Phi) is 2.74. The van der Waals surface area contributed by atoms with Crippen LogP contribution in [0.4, 0.5) is 4.39 Å². The Labute approximate surface area is 100 Å². The number of hydrogen-bond acceptors (Lipinski definition) is 6. The van der Waals surface area contributed by atoms with Crippen LogP contribution in [-0.2, 0) is 4.74 Å². The summed E-state index contributed by atoms with van der Waals surface area (Å²) in [6.45, 7) is -1.32. The number of aliphatic hydroxyl groups is 3. The van der Waals surface area contributed by atoms with Gasteiger partial charge in [-0.1, -0.05) is 0 Å². The molecular weight excluding hydrogens is 251 g/mol. The molecule has 0 spiro atoms. The number of halogens is 1. The minimum atomic E-state index is -3.09. The van der Waals surface area contributed by atoms with Crippen LogP contribution in [0.3, 0.4) is 0 Å². The average Bonchev–Trinajstić information content (AvgIpc) is 2.52. The first-order chi connectivity index (χ1) is 8.74. The van der Waals surface area contributed by atoms with Crippen molar-refractivity contribution in [1.82, 2.24) is 9.55 Å². The van der Waals surface area contributed by atoms with Gasteiger partial charge in [-0.15, -0.1) is 0 Å². The lowest BCUT2D eigenvalue weighted by Crippen LogP contribution is -2.42. The lowest BCUT2D eigenvalue weighted by molar-refractivity contribution is -0.207. The number of aromatic amines is 1. The predicted octanol–water partition coefficient (Wildman–Crippen LogP) is -2.55. The van der Waals surface area contributed by atoms with Crippen molar-refractivity contribution in [3.8, 4) is 0 Å². The molecule has 1 aliphatic rings. The summed E-state index contributed by atoms with van der Waals surface area (Å²) in [5, 5.41) is 27.9. The van der Waals surface area contributed by atoms with Crippen LogP contribution in [-0.4, -0.2) is 49.5 Å². The minimum absolute atomic E-state index is 0.402. The maximum Gasteiger partial charge on any atom is 0.330 e. The SMILES string of the molecule is [2H][C@@]1(n2ccc(=O)[nH]c2=O)O[C@](F)(CO)[C@@H](O)[C@H]1O. The van der Waals surface area contributed by atoms with E-state index < -0.39 is 42.1 Å². The van der Waals surface area contributed by atoms with E-state index in [1.165, 1.54) is 0 Å². The number of aromatic nitrogens is 2. The molecule has 1 aliphatic heterocycles. The van der Waals surface area contributed by atoms with Crippen molar-refractivity contribution < 1.29 is 25.8 Å². The molecule has 0 amide bonds. The number of ether oxygens (including phenoxy) is 1. The molecule has 2 heterocycles. The summed E-state index contributed by atoms with van der Waals surface area (Å²) in [6, 6.07) is 0.858. The van der Waals surface area contributed by atoms with E-state index in [4.69, 9.17) is 6.48 Å². The first kappa shape index (κ1) is 11.5. The highest BCUT2D eigenvalue weighted by Crippen LogP contribution is 2.37. The van der Waals surface area contributed by atoms with Gasteiger partial charge in [0.15, 0.2) is 6.20 Å². The van der Waals surface area contributed by atoms with Crippen molar-refractivity contribution >= 4 is 0 Å². The molecule has 1 aromatic heterocycles. The molecule has 0 bridgehead atoms. The van der Waals surface area contributed by atoms with Crippen LogP contribution in [0.5, 0.6) is 0 Å². The monoisotopic (exact) mass is 263 g/mol. The first-order valence-corrected chi connectivity index (χ1v) is 4.93. The molecule has 8 nitrogen and oxygen atoms in total. The predicted molar refractivity (Wildman–Crippen MR) is 54.4 cm³/mol. The van der Waals surface area contributed by atoms with E-state index in [1.54, 1.807) is 4.98 Å². The summed E-state index contributed by atoms with van der Waals surface area (Å²) in [5.74, 6) is -3.09. The van der Waals surface area contributed by atoms with Gasteiger partial charge < -0.3 is 20.1 Å². The summed E-state index contributed by atoms with van der Waals surface area (Å²) in [5.41, 5.74) is -1.89. The average molecular weight is 263 g/mol. The first-order valence-electron chi connectivity index (χ1n) is 5.43. The molecule has 0 unspecified atom stereocenters. The van der Waals surface area contributed by atoms with Crippen LogP contribution >= 0.6 is 0 Å². The Morgan fingerprint density at radius 2 is 2.28 bits per heavy atom. The van der Waals surface area contributed by atoms with E-state index in [2.05, 4.69) is 4.74 Å². The minimum Gasteiger partial charge on any atom is -0.390 e. The number of H-pyrrole nitrogens is 1. The molecule has 100 valence electrons. The second kappa shape index (κ2) is 4.28. The second-order valence-corrected chi connectivity index (χ2v) is 3.75. The summed E-state index contributed by atoms with van der Waals surface area (Å²) >= 11 is 0. The van der Waals surface area contributed by atoms with E-state index in [1.807, 2.05) is 0 Å². The molecule has 4 atom stereocenters.